The number of nitrogens with zero attached hydrogens (tertiary/aromatic N) is 1. The third kappa shape index (κ3) is 2.61. The first kappa shape index (κ1) is 14.0. The molecule has 104 valence electrons. The molecule has 0 saturated heterocycles. The molecular weight excluding hydrogens is 276 g/mol. The van der Waals surface area contributed by atoms with Gasteiger partial charge in [-0.15, -0.1) is 0 Å². The summed E-state index contributed by atoms with van der Waals surface area (Å²) >= 11 is 0. The van der Waals surface area contributed by atoms with E-state index in [0.717, 1.165) is 6.07 Å². The van der Waals surface area contributed by atoms with E-state index in [4.69, 9.17) is 5.73 Å². The average Bonchev–Trinajstić information content (AvgIpc) is 2.38. The molecule has 1 aromatic carbocycles. The molecule has 2 aromatic rings. The number of carbonyl (C=O) groups is 1. The molecule has 0 unspecified atom stereocenters. The van der Waals surface area contributed by atoms with Crippen LogP contribution in [0.3, 0.4) is 0 Å². The second-order valence-corrected chi connectivity index (χ2v) is 3.98. The minimum Gasteiger partial charge on any atom is -0.366 e. The number of halogens is 4. The van der Waals surface area contributed by atoms with Gasteiger partial charge in [-0.25, -0.2) is 4.39 Å². The Morgan fingerprint density at radius 2 is 1.90 bits per heavy atom. The summed E-state index contributed by atoms with van der Waals surface area (Å²) in [6.45, 7) is 0. The summed E-state index contributed by atoms with van der Waals surface area (Å²) in [5, 5.41) is 0. The fourth-order valence-electron chi connectivity index (χ4n) is 1.75. The monoisotopic (exact) mass is 284 g/mol. The first-order valence-corrected chi connectivity index (χ1v) is 5.41. The molecule has 0 saturated carbocycles. The SMILES string of the molecule is NC(=O)c1ccncc1-c1ccc(F)c(C(F)(F)F)c1. The summed E-state index contributed by atoms with van der Waals surface area (Å²) in [6.07, 6.45) is -2.33. The molecule has 2 rings (SSSR count). The first-order valence-electron chi connectivity index (χ1n) is 5.41. The zero-order valence-corrected chi connectivity index (χ0v) is 9.91. The zero-order valence-electron chi connectivity index (χ0n) is 9.91. The molecule has 1 heterocycles. The lowest BCUT2D eigenvalue weighted by Crippen LogP contribution is -2.13. The van der Waals surface area contributed by atoms with Gasteiger partial charge in [0.2, 0.25) is 5.91 Å². The Kier molecular flexibility index (Phi) is 3.44. The van der Waals surface area contributed by atoms with Gasteiger partial charge in [-0.3, -0.25) is 9.78 Å². The number of alkyl halides is 3. The van der Waals surface area contributed by atoms with E-state index in [1.165, 1.54) is 18.5 Å². The van der Waals surface area contributed by atoms with E-state index in [0.29, 0.717) is 12.1 Å². The summed E-state index contributed by atoms with van der Waals surface area (Å²) in [6, 6.07) is 3.73. The zero-order chi connectivity index (χ0) is 14.9. The van der Waals surface area contributed by atoms with Crippen molar-refractivity contribution >= 4 is 5.91 Å². The molecule has 0 bridgehead atoms. The molecule has 1 amide bonds. The number of carbonyl (C=O) groups excluding carboxylic acids is 1. The molecule has 0 aliphatic heterocycles. The Morgan fingerprint density at radius 3 is 2.50 bits per heavy atom. The molecule has 0 radical (unpaired) electrons. The van der Waals surface area contributed by atoms with Crippen molar-refractivity contribution in [2.45, 2.75) is 6.18 Å². The van der Waals surface area contributed by atoms with Crippen molar-refractivity contribution < 1.29 is 22.4 Å². The highest BCUT2D eigenvalue weighted by Gasteiger charge is 2.34. The van der Waals surface area contributed by atoms with E-state index in [-0.39, 0.29) is 16.7 Å². The van der Waals surface area contributed by atoms with Gasteiger partial charge in [0.1, 0.15) is 5.82 Å². The number of amides is 1. The van der Waals surface area contributed by atoms with Crippen molar-refractivity contribution in [2.24, 2.45) is 5.73 Å². The third-order valence-electron chi connectivity index (χ3n) is 2.67. The number of benzene rings is 1. The van der Waals surface area contributed by atoms with Gasteiger partial charge in [0.25, 0.3) is 0 Å². The average molecular weight is 284 g/mol. The van der Waals surface area contributed by atoms with E-state index in [1.807, 2.05) is 0 Å². The molecular formula is C13H8F4N2O. The fraction of sp³-hybridized carbons (Fsp3) is 0.0769. The number of hydrogen-bond acceptors (Lipinski definition) is 2. The highest BCUT2D eigenvalue weighted by atomic mass is 19.4. The highest BCUT2D eigenvalue weighted by molar-refractivity contribution is 5.99. The smallest absolute Gasteiger partial charge is 0.366 e. The summed E-state index contributed by atoms with van der Waals surface area (Å²) in [7, 11) is 0. The van der Waals surface area contributed by atoms with Gasteiger partial charge in [0, 0.05) is 23.5 Å². The van der Waals surface area contributed by atoms with Crippen LogP contribution in [-0.4, -0.2) is 10.9 Å². The van der Waals surface area contributed by atoms with Crippen LogP contribution < -0.4 is 5.73 Å². The second-order valence-electron chi connectivity index (χ2n) is 3.98. The van der Waals surface area contributed by atoms with Crippen molar-refractivity contribution in [2.75, 3.05) is 0 Å². The van der Waals surface area contributed by atoms with E-state index in [1.54, 1.807) is 0 Å². The lowest BCUT2D eigenvalue weighted by Gasteiger charge is -2.11. The van der Waals surface area contributed by atoms with Crippen molar-refractivity contribution in [1.29, 1.82) is 0 Å². The lowest BCUT2D eigenvalue weighted by molar-refractivity contribution is -0.139. The number of pyridine rings is 1. The predicted octanol–water partition coefficient (Wildman–Crippen LogP) is 3.01. The second kappa shape index (κ2) is 4.92. The van der Waals surface area contributed by atoms with Crippen LogP contribution in [0.2, 0.25) is 0 Å². The van der Waals surface area contributed by atoms with Crippen LogP contribution >= 0.6 is 0 Å². The summed E-state index contributed by atoms with van der Waals surface area (Å²) in [5.74, 6) is -2.19. The van der Waals surface area contributed by atoms with Crippen molar-refractivity contribution in [3.05, 3.63) is 53.6 Å². The Hall–Kier alpha value is -2.44. The maximum absolute atomic E-state index is 13.2. The summed E-state index contributed by atoms with van der Waals surface area (Å²) < 4.78 is 51.2. The fourth-order valence-corrected chi connectivity index (χ4v) is 1.75. The van der Waals surface area contributed by atoms with Crippen LogP contribution in [0.1, 0.15) is 15.9 Å². The topological polar surface area (TPSA) is 56.0 Å². The molecule has 0 spiro atoms. The summed E-state index contributed by atoms with van der Waals surface area (Å²) in [5.41, 5.74) is 3.88. The largest absolute Gasteiger partial charge is 0.419 e. The minimum atomic E-state index is -4.82. The predicted molar refractivity (Wildman–Crippen MR) is 63.2 cm³/mol. The van der Waals surface area contributed by atoms with Gasteiger partial charge in [-0.05, 0) is 23.8 Å². The minimum absolute atomic E-state index is 0.0136. The Bertz CT molecular complexity index is 668. The van der Waals surface area contributed by atoms with Crippen LogP contribution in [0, 0.1) is 5.82 Å². The van der Waals surface area contributed by atoms with Gasteiger partial charge in [-0.2, -0.15) is 13.2 Å². The van der Waals surface area contributed by atoms with E-state index >= 15 is 0 Å². The Labute approximate surface area is 111 Å². The molecule has 3 nitrogen and oxygen atoms in total. The van der Waals surface area contributed by atoms with Gasteiger partial charge in [-0.1, -0.05) is 6.07 Å². The molecule has 0 aliphatic carbocycles. The Balaban J connectivity index is 2.63. The quantitative estimate of drug-likeness (QED) is 0.862. The Morgan fingerprint density at radius 1 is 1.20 bits per heavy atom. The molecule has 2 N–H and O–H groups in total. The van der Waals surface area contributed by atoms with E-state index < -0.39 is 23.5 Å². The molecule has 0 fully saturated rings. The van der Waals surface area contributed by atoms with Gasteiger partial charge >= 0.3 is 6.18 Å². The molecule has 0 atom stereocenters. The molecule has 0 aliphatic rings. The highest BCUT2D eigenvalue weighted by Crippen LogP contribution is 2.34. The maximum Gasteiger partial charge on any atom is 0.419 e. The standard InChI is InChI=1S/C13H8F4N2O/c14-11-2-1-7(5-10(11)13(15,16)17)9-6-19-4-3-8(9)12(18)20/h1-6H,(H2,18,20). The lowest BCUT2D eigenvalue weighted by atomic mass is 9.99. The summed E-state index contributed by atoms with van der Waals surface area (Å²) in [4.78, 5) is 15.0. The number of hydrogen-bond donors (Lipinski definition) is 1. The molecule has 7 heteroatoms. The van der Waals surface area contributed by atoms with Crippen LogP contribution in [-0.2, 0) is 6.18 Å². The van der Waals surface area contributed by atoms with Crippen molar-refractivity contribution in [3.63, 3.8) is 0 Å². The number of primary amides is 1. The van der Waals surface area contributed by atoms with E-state index in [9.17, 15) is 22.4 Å². The number of nitrogens with two attached hydrogens (primary N) is 1. The van der Waals surface area contributed by atoms with Crippen LogP contribution in [0.15, 0.2) is 36.7 Å². The number of aromatic nitrogens is 1. The van der Waals surface area contributed by atoms with Crippen LogP contribution in [0.4, 0.5) is 17.6 Å². The van der Waals surface area contributed by atoms with Crippen molar-refractivity contribution in [3.8, 4) is 11.1 Å². The molecule has 20 heavy (non-hydrogen) atoms. The van der Waals surface area contributed by atoms with Crippen LogP contribution in [0.5, 0.6) is 0 Å². The van der Waals surface area contributed by atoms with E-state index in [2.05, 4.69) is 4.98 Å². The van der Waals surface area contributed by atoms with Crippen molar-refractivity contribution in [1.82, 2.24) is 4.98 Å². The van der Waals surface area contributed by atoms with Gasteiger partial charge < -0.3 is 5.73 Å². The maximum atomic E-state index is 13.2. The third-order valence-corrected chi connectivity index (χ3v) is 2.67. The van der Waals surface area contributed by atoms with Gasteiger partial charge in [0.05, 0.1) is 5.56 Å². The normalized spacial score (nSPS) is 11.4. The van der Waals surface area contributed by atoms with Crippen LogP contribution in [0.25, 0.3) is 11.1 Å². The number of rotatable bonds is 2. The first-order chi connectivity index (χ1) is 9.30. The van der Waals surface area contributed by atoms with Gasteiger partial charge in [0.15, 0.2) is 0 Å². The molecule has 1 aromatic heterocycles.